The largest absolute Gasteiger partial charge is 0.486 e. The summed E-state index contributed by atoms with van der Waals surface area (Å²) >= 11 is 0. The molecule has 9 nitrogen and oxygen atoms in total. The van der Waals surface area contributed by atoms with E-state index in [4.69, 9.17) is 14.2 Å². The van der Waals surface area contributed by atoms with E-state index in [2.05, 4.69) is 16.0 Å². The number of hydrogen-bond donors (Lipinski definition) is 3. The molecular weight excluding hydrogens is 366 g/mol. The highest BCUT2D eigenvalue weighted by atomic mass is 16.6. The fourth-order valence-corrected chi connectivity index (χ4v) is 2.47. The molecule has 0 bridgehead atoms. The summed E-state index contributed by atoms with van der Waals surface area (Å²) in [7, 11) is 0. The number of carbonyl (C=O) groups is 3. The third kappa shape index (κ3) is 5.13. The quantitative estimate of drug-likeness (QED) is 0.726. The summed E-state index contributed by atoms with van der Waals surface area (Å²) in [5.74, 6) is 0.528. The van der Waals surface area contributed by atoms with E-state index in [1.165, 1.54) is 6.92 Å². The Labute approximate surface area is 161 Å². The highest BCUT2D eigenvalue weighted by Crippen LogP contribution is 2.32. The summed E-state index contributed by atoms with van der Waals surface area (Å²) in [5, 5.41) is 7.30. The maximum Gasteiger partial charge on any atom is 0.325 e. The van der Waals surface area contributed by atoms with Crippen LogP contribution in [-0.2, 0) is 9.59 Å². The van der Waals surface area contributed by atoms with Crippen LogP contribution < -0.4 is 30.2 Å². The lowest BCUT2D eigenvalue weighted by Crippen LogP contribution is -2.37. The van der Waals surface area contributed by atoms with E-state index in [-0.39, 0.29) is 5.91 Å². The number of nitrogens with one attached hydrogen (secondary N) is 3. The number of ether oxygens (including phenoxy) is 3. The molecule has 0 radical (unpaired) electrons. The predicted octanol–water partition coefficient (Wildman–Crippen LogP) is 2.14. The van der Waals surface area contributed by atoms with E-state index in [0.29, 0.717) is 41.8 Å². The Kier molecular flexibility index (Phi) is 5.95. The first-order valence-electron chi connectivity index (χ1n) is 8.51. The summed E-state index contributed by atoms with van der Waals surface area (Å²) in [6.45, 7) is 1.87. The monoisotopic (exact) mass is 385 g/mol. The van der Waals surface area contributed by atoms with Crippen molar-refractivity contribution in [3.8, 4) is 17.2 Å². The number of rotatable bonds is 5. The molecule has 0 aliphatic carbocycles. The Morgan fingerprint density at radius 2 is 1.75 bits per heavy atom. The first-order chi connectivity index (χ1) is 13.5. The number of carbonyl (C=O) groups excluding carboxylic acids is 3. The zero-order valence-corrected chi connectivity index (χ0v) is 15.1. The van der Waals surface area contributed by atoms with Crippen LogP contribution in [0.4, 0.5) is 16.2 Å². The van der Waals surface area contributed by atoms with Crippen molar-refractivity contribution >= 4 is 29.2 Å². The van der Waals surface area contributed by atoms with Crippen LogP contribution in [0.5, 0.6) is 17.2 Å². The van der Waals surface area contributed by atoms with Gasteiger partial charge in [-0.25, -0.2) is 4.79 Å². The van der Waals surface area contributed by atoms with Gasteiger partial charge in [-0.2, -0.15) is 0 Å². The molecule has 0 aromatic heterocycles. The molecule has 0 saturated carbocycles. The number of urea groups is 1. The van der Waals surface area contributed by atoms with E-state index in [1.54, 1.807) is 42.5 Å². The fourth-order valence-electron chi connectivity index (χ4n) is 2.47. The third-order valence-corrected chi connectivity index (χ3v) is 3.61. The number of imide groups is 1. The summed E-state index contributed by atoms with van der Waals surface area (Å²) < 4.78 is 16.2. The predicted molar refractivity (Wildman–Crippen MR) is 101 cm³/mol. The molecule has 3 N–H and O–H groups in total. The van der Waals surface area contributed by atoms with Gasteiger partial charge >= 0.3 is 6.03 Å². The first-order valence-corrected chi connectivity index (χ1v) is 8.51. The zero-order chi connectivity index (χ0) is 19.9. The van der Waals surface area contributed by atoms with Crippen molar-refractivity contribution in [2.45, 2.75) is 6.92 Å². The molecule has 2 aromatic carbocycles. The highest BCUT2D eigenvalue weighted by Gasteiger charge is 2.14. The molecule has 9 heteroatoms. The van der Waals surface area contributed by atoms with Crippen molar-refractivity contribution in [3.05, 3.63) is 42.5 Å². The molecule has 0 unspecified atom stereocenters. The van der Waals surface area contributed by atoms with E-state index in [9.17, 15) is 14.4 Å². The molecule has 4 amide bonds. The molecule has 2 aromatic rings. The molecule has 28 heavy (non-hydrogen) atoms. The van der Waals surface area contributed by atoms with Crippen LogP contribution >= 0.6 is 0 Å². The molecule has 0 saturated heterocycles. The maximum atomic E-state index is 12.0. The summed E-state index contributed by atoms with van der Waals surface area (Å²) in [6, 6.07) is 10.9. The Balaban J connectivity index is 1.51. The van der Waals surface area contributed by atoms with Crippen LogP contribution in [0.15, 0.2) is 42.5 Å². The molecule has 1 heterocycles. The lowest BCUT2D eigenvalue weighted by molar-refractivity contribution is -0.121. The van der Waals surface area contributed by atoms with E-state index < -0.39 is 18.5 Å². The van der Waals surface area contributed by atoms with Crippen molar-refractivity contribution in [1.29, 1.82) is 0 Å². The van der Waals surface area contributed by atoms with E-state index >= 15 is 0 Å². The lowest BCUT2D eigenvalue weighted by atomic mass is 10.2. The third-order valence-electron chi connectivity index (χ3n) is 3.61. The number of fused-ring (bicyclic) bond motifs is 1. The van der Waals surface area contributed by atoms with Crippen molar-refractivity contribution in [3.63, 3.8) is 0 Å². The molecule has 0 fully saturated rings. The van der Waals surface area contributed by atoms with Crippen LogP contribution in [0.2, 0.25) is 0 Å². The van der Waals surface area contributed by atoms with Crippen LogP contribution in [0.25, 0.3) is 0 Å². The Hall–Kier alpha value is -3.75. The average Bonchev–Trinajstić information content (AvgIpc) is 2.66. The van der Waals surface area contributed by atoms with Gasteiger partial charge in [-0.15, -0.1) is 0 Å². The Bertz CT molecular complexity index is 899. The van der Waals surface area contributed by atoms with Gasteiger partial charge in [-0.05, 0) is 24.3 Å². The minimum absolute atomic E-state index is 0.265. The minimum atomic E-state index is -0.708. The first kappa shape index (κ1) is 19.0. The number of anilines is 2. The van der Waals surface area contributed by atoms with Gasteiger partial charge in [0.25, 0.3) is 5.91 Å². The molecule has 0 atom stereocenters. The van der Waals surface area contributed by atoms with Crippen molar-refractivity contribution < 1.29 is 28.6 Å². The second kappa shape index (κ2) is 8.76. The van der Waals surface area contributed by atoms with Crippen LogP contribution in [0, 0.1) is 0 Å². The molecule has 1 aliphatic heterocycles. The SMILES string of the molecule is CC(=O)Nc1ccccc1OCC(=O)NC(=O)Nc1ccc2c(c1)OCCO2. The summed E-state index contributed by atoms with van der Waals surface area (Å²) in [6.07, 6.45) is 0. The standard InChI is InChI=1S/C19H19N3O6/c1-12(23)20-14-4-2-3-5-15(14)28-11-18(24)22-19(25)21-13-6-7-16-17(10-13)27-9-8-26-16/h2-7,10H,8-9,11H2,1H3,(H,20,23)(H2,21,22,24,25). The van der Waals surface area contributed by atoms with Gasteiger partial charge in [-0.1, -0.05) is 12.1 Å². The van der Waals surface area contributed by atoms with Crippen LogP contribution in [0.3, 0.4) is 0 Å². The fraction of sp³-hybridized carbons (Fsp3) is 0.211. The smallest absolute Gasteiger partial charge is 0.325 e. The van der Waals surface area contributed by atoms with Gasteiger partial charge in [0.05, 0.1) is 5.69 Å². The summed E-state index contributed by atoms with van der Waals surface area (Å²) in [4.78, 5) is 35.1. The maximum absolute atomic E-state index is 12.0. The van der Waals surface area contributed by atoms with E-state index in [0.717, 1.165) is 0 Å². The topological polar surface area (TPSA) is 115 Å². The van der Waals surface area contributed by atoms with Gasteiger partial charge in [0.2, 0.25) is 5.91 Å². The van der Waals surface area contributed by atoms with Gasteiger partial charge in [-0.3, -0.25) is 14.9 Å². The van der Waals surface area contributed by atoms with Crippen molar-refractivity contribution in [2.24, 2.45) is 0 Å². The van der Waals surface area contributed by atoms with Gasteiger partial charge in [0.15, 0.2) is 18.1 Å². The molecule has 146 valence electrons. The van der Waals surface area contributed by atoms with Crippen molar-refractivity contribution in [1.82, 2.24) is 5.32 Å². The highest BCUT2D eigenvalue weighted by molar-refractivity contribution is 6.01. The second-order valence-corrected chi connectivity index (χ2v) is 5.83. The minimum Gasteiger partial charge on any atom is -0.486 e. The van der Waals surface area contributed by atoms with Crippen molar-refractivity contribution in [2.75, 3.05) is 30.5 Å². The number of benzene rings is 2. The number of hydrogen-bond acceptors (Lipinski definition) is 6. The average molecular weight is 385 g/mol. The van der Waals surface area contributed by atoms with Crippen LogP contribution in [-0.4, -0.2) is 37.7 Å². The van der Waals surface area contributed by atoms with E-state index in [1.807, 2.05) is 0 Å². The molecule has 0 spiro atoms. The zero-order valence-electron chi connectivity index (χ0n) is 15.1. The number of para-hydroxylation sites is 2. The molecular formula is C19H19N3O6. The lowest BCUT2D eigenvalue weighted by Gasteiger charge is -2.19. The van der Waals surface area contributed by atoms with Crippen LogP contribution in [0.1, 0.15) is 6.92 Å². The van der Waals surface area contributed by atoms with Gasteiger partial charge < -0.3 is 24.8 Å². The molecule has 1 aliphatic rings. The molecule has 3 rings (SSSR count). The second-order valence-electron chi connectivity index (χ2n) is 5.83. The normalized spacial score (nSPS) is 11.9. The Morgan fingerprint density at radius 1 is 1.00 bits per heavy atom. The Morgan fingerprint density at radius 3 is 2.54 bits per heavy atom. The van der Waals surface area contributed by atoms with Gasteiger partial charge in [0, 0.05) is 18.7 Å². The van der Waals surface area contributed by atoms with Gasteiger partial charge in [0.1, 0.15) is 19.0 Å². The number of amides is 4. The summed E-state index contributed by atoms with van der Waals surface area (Å²) in [5.41, 5.74) is 0.884.